The summed E-state index contributed by atoms with van der Waals surface area (Å²) in [5.74, 6) is -1.12. The zero-order valence-corrected chi connectivity index (χ0v) is 14.6. The van der Waals surface area contributed by atoms with E-state index in [4.69, 9.17) is 5.73 Å². The summed E-state index contributed by atoms with van der Waals surface area (Å²) in [4.78, 5) is 0. The lowest BCUT2D eigenvalue weighted by atomic mass is 10.00. The van der Waals surface area contributed by atoms with Gasteiger partial charge in [-0.2, -0.15) is 0 Å². The minimum absolute atomic E-state index is 0.0619. The van der Waals surface area contributed by atoms with E-state index < -0.39 is 11.6 Å². The summed E-state index contributed by atoms with van der Waals surface area (Å²) in [6, 6.07) is 12.0. The standard InChI is InChI=1S/C21H25F2N2/c1-2-15-4-3-5-17(10-15)21(7-8-21)25-9-6-20(24)13-16-11-18(22)14-19(23)12-16/h3-6,10-12,14,20,25H,2,7-9,13,24H2,1H3/t20-/m0/s1. The van der Waals surface area contributed by atoms with Gasteiger partial charge in [-0.3, -0.25) is 0 Å². The van der Waals surface area contributed by atoms with E-state index in [1.54, 1.807) is 0 Å². The minimum Gasteiger partial charge on any atom is -0.327 e. The topological polar surface area (TPSA) is 38.0 Å². The average molecular weight is 343 g/mol. The number of aryl methyl sites for hydroxylation is 1. The van der Waals surface area contributed by atoms with E-state index in [-0.39, 0.29) is 11.6 Å². The van der Waals surface area contributed by atoms with Crippen LogP contribution in [0.2, 0.25) is 0 Å². The van der Waals surface area contributed by atoms with Crippen molar-refractivity contribution in [3.05, 3.63) is 77.2 Å². The SMILES string of the molecule is CCc1cccc(C2(NC[CH][C@H](N)Cc3cc(F)cc(F)c3)CC2)c1. The van der Waals surface area contributed by atoms with E-state index in [1.165, 1.54) is 23.3 Å². The molecule has 2 aromatic carbocycles. The molecule has 0 heterocycles. The second kappa shape index (κ2) is 7.63. The second-order valence-electron chi connectivity index (χ2n) is 6.90. The smallest absolute Gasteiger partial charge is 0.126 e. The van der Waals surface area contributed by atoms with Crippen molar-refractivity contribution < 1.29 is 8.78 Å². The lowest BCUT2D eigenvalue weighted by Gasteiger charge is -2.20. The zero-order valence-electron chi connectivity index (χ0n) is 14.6. The highest BCUT2D eigenvalue weighted by atomic mass is 19.1. The Morgan fingerprint density at radius 2 is 1.84 bits per heavy atom. The molecule has 4 heteroatoms. The lowest BCUT2D eigenvalue weighted by Crippen LogP contribution is -2.35. The maximum Gasteiger partial charge on any atom is 0.126 e. The minimum atomic E-state index is -0.562. The number of halogens is 2. The number of hydrogen-bond acceptors (Lipinski definition) is 2. The highest BCUT2D eigenvalue weighted by molar-refractivity contribution is 5.34. The fourth-order valence-electron chi connectivity index (χ4n) is 3.27. The van der Waals surface area contributed by atoms with Gasteiger partial charge in [-0.05, 0) is 60.9 Å². The van der Waals surface area contributed by atoms with E-state index in [9.17, 15) is 8.78 Å². The maximum atomic E-state index is 13.2. The van der Waals surface area contributed by atoms with Crippen LogP contribution in [0.3, 0.4) is 0 Å². The van der Waals surface area contributed by atoms with E-state index in [1.807, 2.05) is 6.42 Å². The molecule has 0 aliphatic heterocycles. The van der Waals surface area contributed by atoms with E-state index in [0.29, 0.717) is 18.5 Å². The molecule has 3 N–H and O–H groups in total. The number of rotatable bonds is 8. The predicted molar refractivity (Wildman–Crippen MR) is 97.1 cm³/mol. The number of nitrogens with two attached hydrogens (primary N) is 1. The molecule has 0 unspecified atom stereocenters. The highest BCUT2D eigenvalue weighted by Gasteiger charge is 2.43. The van der Waals surface area contributed by atoms with Gasteiger partial charge in [0, 0.05) is 24.2 Å². The fraction of sp³-hybridized carbons (Fsp3) is 0.381. The largest absolute Gasteiger partial charge is 0.327 e. The monoisotopic (exact) mass is 343 g/mol. The Balaban J connectivity index is 1.52. The Morgan fingerprint density at radius 1 is 1.12 bits per heavy atom. The van der Waals surface area contributed by atoms with Gasteiger partial charge < -0.3 is 11.1 Å². The van der Waals surface area contributed by atoms with Crippen LogP contribution in [0.15, 0.2) is 42.5 Å². The molecule has 1 radical (unpaired) electrons. The number of nitrogens with one attached hydrogen (secondary N) is 1. The first-order valence-electron chi connectivity index (χ1n) is 8.89. The molecular weight excluding hydrogens is 318 g/mol. The van der Waals surface area contributed by atoms with Crippen LogP contribution >= 0.6 is 0 Å². The third-order valence-corrected chi connectivity index (χ3v) is 4.89. The van der Waals surface area contributed by atoms with Crippen LogP contribution in [-0.2, 0) is 18.4 Å². The van der Waals surface area contributed by atoms with Crippen molar-refractivity contribution in [1.82, 2.24) is 5.32 Å². The van der Waals surface area contributed by atoms with Gasteiger partial charge in [0.15, 0.2) is 0 Å². The van der Waals surface area contributed by atoms with Crippen molar-refractivity contribution in [3.8, 4) is 0 Å². The van der Waals surface area contributed by atoms with Crippen LogP contribution in [0.25, 0.3) is 0 Å². The van der Waals surface area contributed by atoms with Gasteiger partial charge in [0.05, 0.1) is 0 Å². The molecule has 1 saturated carbocycles. The van der Waals surface area contributed by atoms with Gasteiger partial charge >= 0.3 is 0 Å². The van der Waals surface area contributed by atoms with Crippen molar-refractivity contribution >= 4 is 0 Å². The lowest BCUT2D eigenvalue weighted by molar-refractivity contribution is 0.528. The molecule has 0 amide bonds. The summed E-state index contributed by atoms with van der Waals surface area (Å²) in [7, 11) is 0. The van der Waals surface area contributed by atoms with Gasteiger partial charge in [-0.15, -0.1) is 0 Å². The van der Waals surface area contributed by atoms with E-state index >= 15 is 0 Å². The van der Waals surface area contributed by atoms with Crippen LogP contribution in [0.5, 0.6) is 0 Å². The second-order valence-corrected chi connectivity index (χ2v) is 6.90. The van der Waals surface area contributed by atoms with E-state index in [0.717, 1.165) is 25.3 Å². The molecule has 1 aliphatic carbocycles. The molecule has 2 aromatic rings. The van der Waals surface area contributed by atoms with Gasteiger partial charge in [0.1, 0.15) is 11.6 Å². The molecule has 0 aromatic heterocycles. The summed E-state index contributed by atoms with van der Waals surface area (Å²) in [5, 5.41) is 3.59. The third-order valence-electron chi connectivity index (χ3n) is 4.89. The van der Waals surface area contributed by atoms with Crippen molar-refractivity contribution in [2.75, 3.05) is 6.54 Å². The highest BCUT2D eigenvalue weighted by Crippen LogP contribution is 2.45. The molecule has 0 spiro atoms. The first kappa shape index (κ1) is 18.0. The maximum absolute atomic E-state index is 13.2. The number of benzene rings is 2. The van der Waals surface area contributed by atoms with Crippen LogP contribution in [0, 0.1) is 18.1 Å². The molecule has 25 heavy (non-hydrogen) atoms. The van der Waals surface area contributed by atoms with Gasteiger partial charge in [-0.25, -0.2) is 8.78 Å². The quantitative estimate of drug-likeness (QED) is 0.763. The van der Waals surface area contributed by atoms with Crippen LogP contribution in [-0.4, -0.2) is 12.6 Å². The Kier molecular flexibility index (Phi) is 5.50. The first-order valence-corrected chi connectivity index (χ1v) is 8.89. The Labute approximate surface area is 148 Å². The molecule has 1 atom stereocenters. The molecule has 2 nitrogen and oxygen atoms in total. The first-order chi connectivity index (χ1) is 12.0. The molecule has 0 bridgehead atoms. The van der Waals surface area contributed by atoms with Crippen molar-refractivity contribution in [3.63, 3.8) is 0 Å². The van der Waals surface area contributed by atoms with Crippen molar-refractivity contribution in [1.29, 1.82) is 0 Å². The molecule has 133 valence electrons. The Morgan fingerprint density at radius 3 is 2.48 bits per heavy atom. The van der Waals surface area contributed by atoms with Gasteiger partial charge in [0.25, 0.3) is 0 Å². The fourth-order valence-corrected chi connectivity index (χ4v) is 3.27. The van der Waals surface area contributed by atoms with Crippen LogP contribution in [0.4, 0.5) is 8.78 Å². The van der Waals surface area contributed by atoms with Crippen LogP contribution < -0.4 is 11.1 Å². The van der Waals surface area contributed by atoms with Gasteiger partial charge in [0.2, 0.25) is 0 Å². The average Bonchev–Trinajstić information content (AvgIpc) is 3.35. The summed E-state index contributed by atoms with van der Waals surface area (Å²) in [6.45, 7) is 2.84. The van der Waals surface area contributed by atoms with E-state index in [2.05, 4.69) is 36.5 Å². The number of hydrogen-bond donors (Lipinski definition) is 2. The normalized spacial score (nSPS) is 16.6. The third kappa shape index (κ3) is 4.65. The Bertz CT molecular complexity index is 705. The molecular formula is C21H25F2N2. The summed E-state index contributed by atoms with van der Waals surface area (Å²) < 4.78 is 26.5. The molecule has 1 aliphatic rings. The zero-order chi connectivity index (χ0) is 17.9. The summed E-state index contributed by atoms with van der Waals surface area (Å²) in [5.41, 5.74) is 9.42. The van der Waals surface area contributed by atoms with Crippen LogP contribution in [0.1, 0.15) is 36.5 Å². The molecule has 0 saturated heterocycles. The van der Waals surface area contributed by atoms with Crippen molar-refractivity contribution in [2.45, 2.75) is 44.2 Å². The molecule has 3 rings (SSSR count). The summed E-state index contributed by atoms with van der Waals surface area (Å²) in [6.07, 6.45) is 5.68. The molecule has 1 fully saturated rings. The Hall–Kier alpha value is -1.78. The van der Waals surface area contributed by atoms with Gasteiger partial charge in [-0.1, -0.05) is 31.2 Å². The van der Waals surface area contributed by atoms with Crippen molar-refractivity contribution in [2.24, 2.45) is 5.73 Å². The summed E-state index contributed by atoms with van der Waals surface area (Å²) >= 11 is 0. The predicted octanol–water partition coefficient (Wildman–Crippen LogP) is 3.88.